The van der Waals surface area contributed by atoms with E-state index in [2.05, 4.69) is 5.32 Å². The van der Waals surface area contributed by atoms with Gasteiger partial charge in [0.05, 0.1) is 6.42 Å². The molecule has 7 nitrogen and oxygen atoms in total. The molecule has 8 heteroatoms. The van der Waals surface area contributed by atoms with E-state index in [0.717, 1.165) is 4.31 Å². The summed E-state index contributed by atoms with van der Waals surface area (Å²) in [5, 5.41) is 11.6. The molecule has 0 atom stereocenters. The van der Waals surface area contributed by atoms with Crippen LogP contribution in [0, 0.1) is 0 Å². The average molecular weight is 251 g/mol. The van der Waals surface area contributed by atoms with Crippen molar-refractivity contribution in [2.45, 2.75) is 6.42 Å². The minimum atomic E-state index is -3.49. The van der Waals surface area contributed by atoms with Crippen LogP contribution in [0.1, 0.15) is 6.42 Å². The minimum Gasteiger partial charge on any atom is -0.481 e. The molecule has 1 saturated heterocycles. The maximum Gasteiger partial charge on any atom is 0.304 e. The van der Waals surface area contributed by atoms with E-state index >= 15 is 0 Å². The summed E-state index contributed by atoms with van der Waals surface area (Å²) in [6, 6.07) is 0. The van der Waals surface area contributed by atoms with Crippen LogP contribution in [-0.4, -0.2) is 67.9 Å². The molecule has 1 heterocycles. The van der Waals surface area contributed by atoms with Crippen molar-refractivity contribution in [1.82, 2.24) is 13.9 Å². The first-order valence-electron chi connectivity index (χ1n) is 5.08. The summed E-state index contributed by atoms with van der Waals surface area (Å²) in [6.07, 6.45) is -0.179. The number of nitrogens with zero attached hydrogens (tertiary/aromatic N) is 2. The highest BCUT2D eigenvalue weighted by atomic mass is 32.2. The molecule has 94 valence electrons. The number of aliphatic carboxylic acids is 1. The normalized spacial score (nSPS) is 18.9. The summed E-state index contributed by atoms with van der Waals surface area (Å²) in [6.45, 7) is 2.12. The molecule has 1 fully saturated rings. The Morgan fingerprint density at radius 1 is 1.44 bits per heavy atom. The van der Waals surface area contributed by atoms with Crippen LogP contribution in [0.5, 0.6) is 0 Å². The summed E-state index contributed by atoms with van der Waals surface area (Å²) in [4.78, 5) is 10.4. The molecule has 0 aromatic rings. The van der Waals surface area contributed by atoms with E-state index in [0.29, 0.717) is 26.2 Å². The molecule has 0 saturated carbocycles. The van der Waals surface area contributed by atoms with Gasteiger partial charge in [0.15, 0.2) is 0 Å². The highest BCUT2D eigenvalue weighted by Crippen LogP contribution is 2.07. The summed E-state index contributed by atoms with van der Waals surface area (Å²) < 4.78 is 26.3. The van der Waals surface area contributed by atoms with Gasteiger partial charge in [-0.25, -0.2) is 0 Å². The van der Waals surface area contributed by atoms with E-state index in [1.54, 1.807) is 0 Å². The number of carbonyl (C=O) groups is 1. The SMILES string of the molecule is CN(CCC(=O)O)S(=O)(=O)N1CCNCC1. The van der Waals surface area contributed by atoms with Crippen molar-refractivity contribution >= 4 is 16.2 Å². The summed E-state index contributed by atoms with van der Waals surface area (Å²) in [5.41, 5.74) is 0. The van der Waals surface area contributed by atoms with Gasteiger partial charge in [-0.2, -0.15) is 17.0 Å². The molecule has 0 spiro atoms. The van der Waals surface area contributed by atoms with E-state index in [9.17, 15) is 13.2 Å². The summed E-state index contributed by atoms with van der Waals surface area (Å²) >= 11 is 0. The van der Waals surface area contributed by atoms with Crippen molar-refractivity contribution in [1.29, 1.82) is 0 Å². The second kappa shape index (κ2) is 5.58. The van der Waals surface area contributed by atoms with Gasteiger partial charge in [-0.05, 0) is 0 Å². The molecule has 0 aliphatic carbocycles. The van der Waals surface area contributed by atoms with Crippen LogP contribution in [0.15, 0.2) is 0 Å². The Labute approximate surface area is 95.2 Å². The lowest BCUT2D eigenvalue weighted by atomic mass is 10.4. The van der Waals surface area contributed by atoms with Crippen molar-refractivity contribution in [3.63, 3.8) is 0 Å². The van der Waals surface area contributed by atoms with Crippen LogP contribution in [0.4, 0.5) is 0 Å². The van der Waals surface area contributed by atoms with E-state index in [4.69, 9.17) is 5.11 Å². The van der Waals surface area contributed by atoms with E-state index < -0.39 is 16.2 Å². The lowest BCUT2D eigenvalue weighted by Crippen LogP contribution is -2.51. The van der Waals surface area contributed by atoms with Gasteiger partial charge in [-0.3, -0.25) is 4.79 Å². The van der Waals surface area contributed by atoms with Crippen LogP contribution in [0.3, 0.4) is 0 Å². The van der Waals surface area contributed by atoms with Crippen LogP contribution < -0.4 is 5.32 Å². The Morgan fingerprint density at radius 3 is 2.50 bits per heavy atom. The zero-order chi connectivity index (χ0) is 12.2. The van der Waals surface area contributed by atoms with Crippen LogP contribution in [0.2, 0.25) is 0 Å². The Balaban J connectivity index is 2.57. The monoisotopic (exact) mass is 251 g/mol. The Bertz CT molecular complexity index is 337. The number of piperazine rings is 1. The molecule has 1 aliphatic heterocycles. The quantitative estimate of drug-likeness (QED) is 0.623. The van der Waals surface area contributed by atoms with Gasteiger partial charge in [-0.1, -0.05) is 0 Å². The Hall–Kier alpha value is -0.700. The predicted molar refractivity (Wildman–Crippen MR) is 58.2 cm³/mol. The molecule has 1 aliphatic rings. The second-order valence-corrected chi connectivity index (χ2v) is 5.66. The Kier molecular flexibility index (Phi) is 4.66. The molecule has 0 unspecified atom stereocenters. The first-order valence-corrected chi connectivity index (χ1v) is 6.48. The smallest absolute Gasteiger partial charge is 0.304 e. The molecule has 0 amide bonds. The van der Waals surface area contributed by atoms with Crippen LogP contribution in [0.25, 0.3) is 0 Å². The minimum absolute atomic E-state index is 0.00158. The van der Waals surface area contributed by atoms with Crippen molar-refractivity contribution < 1.29 is 18.3 Å². The van der Waals surface area contributed by atoms with E-state index in [1.807, 2.05) is 0 Å². The standard InChI is InChI=1S/C8H17N3O4S/c1-10(5-2-8(12)13)16(14,15)11-6-3-9-4-7-11/h9H,2-7H2,1H3,(H,12,13). The van der Waals surface area contributed by atoms with Gasteiger partial charge >= 0.3 is 5.97 Å². The van der Waals surface area contributed by atoms with Gasteiger partial charge in [0.1, 0.15) is 0 Å². The van der Waals surface area contributed by atoms with E-state index in [1.165, 1.54) is 11.4 Å². The van der Waals surface area contributed by atoms with Crippen molar-refractivity contribution in [2.24, 2.45) is 0 Å². The zero-order valence-electron chi connectivity index (χ0n) is 9.22. The molecule has 2 N–H and O–H groups in total. The maximum absolute atomic E-state index is 11.9. The van der Waals surface area contributed by atoms with Gasteiger partial charge in [0.25, 0.3) is 10.2 Å². The molecule has 0 bridgehead atoms. The zero-order valence-corrected chi connectivity index (χ0v) is 10.0. The van der Waals surface area contributed by atoms with Crippen LogP contribution in [-0.2, 0) is 15.0 Å². The molecule has 0 aromatic carbocycles. The maximum atomic E-state index is 11.9. The first-order chi connectivity index (χ1) is 7.44. The van der Waals surface area contributed by atoms with Gasteiger partial charge in [0, 0.05) is 39.8 Å². The number of nitrogens with one attached hydrogen (secondary N) is 1. The number of carboxylic acids is 1. The van der Waals surface area contributed by atoms with Crippen LogP contribution >= 0.6 is 0 Å². The van der Waals surface area contributed by atoms with Crippen molar-refractivity contribution in [2.75, 3.05) is 39.8 Å². The highest BCUT2D eigenvalue weighted by molar-refractivity contribution is 7.86. The third-order valence-electron chi connectivity index (χ3n) is 2.44. The number of rotatable bonds is 5. The van der Waals surface area contributed by atoms with Crippen molar-refractivity contribution in [3.8, 4) is 0 Å². The fourth-order valence-corrected chi connectivity index (χ4v) is 2.80. The second-order valence-electron chi connectivity index (χ2n) is 3.62. The first kappa shape index (κ1) is 13.4. The topological polar surface area (TPSA) is 90.0 Å². The lowest BCUT2D eigenvalue weighted by Gasteiger charge is -2.30. The number of hydrogen-bond acceptors (Lipinski definition) is 4. The molecule has 16 heavy (non-hydrogen) atoms. The van der Waals surface area contributed by atoms with E-state index in [-0.39, 0.29) is 13.0 Å². The fourth-order valence-electron chi connectivity index (χ4n) is 1.44. The largest absolute Gasteiger partial charge is 0.481 e. The Morgan fingerprint density at radius 2 is 2.00 bits per heavy atom. The summed E-state index contributed by atoms with van der Waals surface area (Å²) in [7, 11) is -2.09. The predicted octanol–water partition coefficient (Wildman–Crippen LogP) is -1.46. The summed E-state index contributed by atoms with van der Waals surface area (Å²) in [5.74, 6) is -0.998. The molecule has 1 rings (SSSR count). The fraction of sp³-hybridized carbons (Fsp3) is 0.875. The van der Waals surface area contributed by atoms with Crippen molar-refractivity contribution in [3.05, 3.63) is 0 Å². The molecule has 0 radical (unpaired) electrons. The molecular weight excluding hydrogens is 234 g/mol. The third kappa shape index (κ3) is 3.41. The number of carboxylic acid groups (broad SMARTS) is 1. The molecule has 0 aromatic heterocycles. The third-order valence-corrected chi connectivity index (χ3v) is 4.42. The molecular formula is C8H17N3O4S. The average Bonchev–Trinajstić information content (AvgIpc) is 2.27. The number of hydrogen-bond donors (Lipinski definition) is 2. The highest BCUT2D eigenvalue weighted by Gasteiger charge is 2.27. The van der Waals surface area contributed by atoms with Gasteiger partial charge in [-0.15, -0.1) is 0 Å². The van der Waals surface area contributed by atoms with Gasteiger partial charge in [0.2, 0.25) is 0 Å². The van der Waals surface area contributed by atoms with Gasteiger partial charge < -0.3 is 10.4 Å². The lowest BCUT2D eigenvalue weighted by molar-refractivity contribution is -0.137.